The lowest BCUT2D eigenvalue weighted by atomic mass is 9.71. The summed E-state index contributed by atoms with van der Waals surface area (Å²) >= 11 is 37.7. The minimum Gasteiger partial charge on any atom is -0.481 e. The van der Waals surface area contributed by atoms with E-state index < -0.39 is 27.4 Å². The van der Waals surface area contributed by atoms with Crippen molar-refractivity contribution in [2.45, 2.75) is 378 Å². The van der Waals surface area contributed by atoms with Gasteiger partial charge in [-0.15, -0.1) is 0 Å². The molecule has 8 N–H and O–H groups in total. The maximum atomic E-state index is 13.8. The fourth-order valence-electron chi connectivity index (χ4n) is 23.4. The van der Waals surface area contributed by atoms with Crippen molar-refractivity contribution in [3.8, 4) is 0 Å². The zero-order chi connectivity index (χ0) is 109. The van der Waals surface area contributed by atoms with Crippen molar-refractivity contribution in [1.82, 2.24) is 79.7 Å². The number of fused-ring (bicyclic) bond motifs is 3. The van der Waals surface area contributed by atoms with Crippen LogP contribution in [0.4, 0.5) is 0 Å². The molecule has 0 spiro atoms. The molecular formula is C107H162Cl6N16O17S. The van der Waals surface area contributed by atoms with Crippen LogP contribution in [-0.2, 0) is 72.0 Å². The number of carboxylic acids is 1. The first kappa shape index (κ1) is 120. The summed E-state index contributed by atoms with van der Waals surface area (Å²) in [6, 6.07) is 1.85. The molecule has 14 aliphatic rings. The lowest BCUT2D eigenvalue weighted by Gasteiger charge is -2.35. The second-order valence-corrected chi connectivity index (χ2v) is 53.6. The van der Waals surface area contributed by atoms with E-state index in [-0.39, 0.29) is 142 Å². The third kappa shape index (κ3) is 30.1. The molecule has 0 bridgehead atoms. The number of carbonyl (C=O) groups is 8. The molecule has 12 saturated heterocycles. The number of amides is 6. The minimum absolute atomic E-state index is 0.00325. The number of aliphatic carboxylic acids is 1. The van der Waals surface area contributed by atoms with Gasteiger partial charge in [0.1, 0.15) is 17.2 Å². The first-order valence-corrected chi connectivity index (χ1v) is 55.6. The van der Waals surface area contributed by atoms with E-state index in [1.807, 2.05) is 105 Å². The number of carbonyl (C=O) groups excluding carboxylic acids is 7. The predicted octanol–water partition coefficient (Wildman–Crippen LogP) is 17.0. The van der Waals surface area contributed by atoms with Crippen molar-refractivity contribution in [3.63, 3.8) is 0 Å². The lowest BCUT2D eigenvalue weighted by molar-refractivity contribution is -0.150. The summed E-state index contributed by atoms with van der Waals surface area (Å²) in [5.41, 5.74) is 4.35. The number of rotatable bonds is 15. The third-order valence-corrected chi connectivity index (χ3v) is 35.4. The van der Waals surface area contributed by atoms with Crippen LogP contribution in [0.2, 0.25) is 30.1 Å². The van der Waals surface area contributed by atoms with Gasteiger partial charge in [-0.05, 0) is 228 Å². The SMILES string of the molecule is CC(=O)C1(C)CCC(n2ncc(C(=O)N3CC(C)(C)C[C@@H]3Cc3c(Cl)cncc3Cl)c2C)CC1.CC1(C)CN[C@@H](CO)C1.CC1(C)CN[C@@H](Cc2c(Cl)cncc2Cl)C1.CC1(C)C[C@@H]2COC(C)(C)N2C1=O.CC1(C)C[C@@H]2COS(=O)(=O)N2C1.CC1(C)C[C@H](CO)NC1=O.CC1(C)OC[C@H]2CCC(=O)N21.Cc1c(C(=O)N2CC(C)(C)C[C@@H]2Cc2c(Cl)cncc2Cl)cnn1C1CCC(C)(C(=O)O)CC1.O=C1CC[C@H](CO)N1. The number of halogens is 6. The summed E-state index contributed by atoms with van der Waals surface area (Å²) in [4.78, 5) is 116. The van der Waals surface area contributed by atoms with Crippen LogP contribution in [0, 0.1) is 62.6 Å². The van der Waals surface area contributed by atoms with Gasteiger partial charge >= 0.3 is 16.3 Å². The molecule has 5 aromatic heterocycles. The van der Waals surface area contributed by atoms with E-state index in [1.54, 1.807) is 56.5 Å². The van der Waals surface area contributed by atoms with Gasteiger partial charge in [0.25, 0.3) is 11.8 Å². The summed E-state index contributed by atoms with van der Waals surface area (Å²) in [6.45, 7) is 53.1. The number of ether oxygens (including phenoxy) is 2. The molecule has 14 fully saturated rings. The molecule has 2 aliphatic carbocycles. The van der Waals surface area contributed by atoms with Crippen LogP contribution in [0.1, 0.15) is 328 Å². The topological polar surface area (TPSA) is 418 Å². The molecule has 0 radical (unpaired) electrons. The number of aliphatic hydroxyl groups is 3. The Morgan fingerprint density at radius 2 is 0.850 bits per heavy atom. The molecular weight excluding hydrogens is 2030 g/mol. The number of pyridine rings is 3. The third-order valence-electron chi connectivity index (χ3n) is 32.0. The van der Waals surface area contributed by atoms with Crippen molar-refractivity contribution >= 4 is 127 Å². The first-order valence-electron chi connectivity index (χ1n) is 52.0. The highest BCUT2D eigenvalue weighted by Gasteiger charge is 2.56. The van der Waals surface area contributed by atoms with E-state index in [9.17, 15) is 51.9 Å². The second-order valence-electron chi connectivity index (χ2n) is 49.6. The van der Waals surface area contributed by atoms with Gasteiger partial charge in [-0.25, -0.2) is 0 Å². The van der Waals surface area contributed by atoms with E-state index in [1.165, 1.54) is 4.31 Å². The number of hydrogen-bond acceptors (Lipinski definition) is 23. The van der Waals surface area contributed by atoms with Crippen LogP contribution in [-0.4, -0.2) is 273 Å². The monoisotopic (exact) mass is 2190 g/mol. The number of hydrogen-bond donors (Lipinski definition) is 8. The molecule has 147 heavy (non-hydrogen) atoms. The summed E-state index contributed by atoms with van der Waals surface area (Å²) in [5, 5.41) is 60.1. The average molecular weight is 2190 g/mol. The minimum atomic E-state index is -3.36. The smallest absolute Gasteiger partial charge is 0.338 e. The van der Waals surface area contributed by atoms with Crippen molar-refractivity contribution in [1.29, 1.82) is 0 Å². The van der Waals surface area contributed by atoms with Gasteiger partial charge < -0.3 is 70.8 Å². The normalized spacial score (nSPS) is 29.3. The Bertz CT molecular complexity index is 5380. The number of likely N-dealkylation sites (tertiary alicyclic amines) is 2. The number of carboxylic acid groups (broad SMARTS) is 1. The highest BCUT2D eigenvalue weighted by molar-refractivity contribution is 7.84. The molecule has 2 saturated carbocycles. The van der Waals surface area contributed by atoms with Gasteiger partial charge in [0.15, 0.2) is 0 Å². The molecule has 33 nitrogen and oxygen atoms in total. The summed E-state index contributed by atoms with van der Waals surface area (Å²) in [7, 11) is -3.36. The van der Waals surface area contributed by atoms with Crippen LogP contribution in [0.25, 0.3) is 0 Å². The van der Waals surface area contributed by atoms with E-state index in [4.69, 9.17) is 98.6 Å². The fourth-order valence-corrected chi connectivity index (χ4v) is 26.4. The van der Waals surface area contributed by atoms with Gasteiger partial charge in [-0.2, -0.15) is 22.9 Å². The van der Waals surface area contributed by atoms with Crippen LogP contribution >= 0.6 is 69.6 Å². The molecule has 17 heterocycles. The van der Waals surface area contributed by atoms with Crippen molar-refractivity contribution in [2.24, 2.45) is 48.7 Å². The summed E-state index contributed by atoms with van der Waals surface area (Å²) in [5.74, 6) is 0.0807. The first-order chi connectivity index (χ1) is 68.2. The number of aromatic nitrogens is 7. The van der Waals surface area contributed by atoms with Crippen LogP contribution in [0.3, 0.4) is 0 Å². The van der Waals surface area contributed by atoms with Gasteiger partial charge in [-0.3, -0.25) is 66.9 Å². The van der Waals surface area contributed by atoms with E-state index in [0.29, 0.717) is 148 Å². The molecule has 820 valence electrons. The fraction of sp³-hybridized carbons (Fsp3) is 0.729. The Balaban J connectivity index is 0.000000166. The number of Topliss-reactive ketones (excluding diaryl/α,β-unsaturated/α-hetero) is 1. The molecule has 19 rings (SSSR count). The zero-order valence-corrected chi connectivity index (χ0v) is 95.8. The van der Waals surface area contributed by atoms with Crippen molar-refractivity contribution in [3.05, 3.63) is 119 Å². The zero-order valence-electron chi connectivity index (χ0n) is 90.4. The van der Waals surface area contributed by atoms with Crippen LogP contribution < -0.4 is 21.3 Å². The van der Waals surface area contributed by atoms with Gasteiger partial charge in [-0.1, -0.05) is 173 Å². The predicted molar refractivity (Wildman–Crippen MR) is 570 cm³/mol. The maximum absolute atomic E-state index is 13.8. The molecule has 5 aromatic rings. The lowest BCUT2D eigenvalue weighted by Crippen LogP contribution is -2.45. The number of ketones is 1. The average Bonchev–Trinajstić information content (AvgIpc) is 1.58. The Hall–Kier alpha value is -6.84. The van der Waals surface area contributed by atoms with Crippen LogP contribution in [0.15, 0.2) is 49.6 Å². The highest BCUT2D eigenvalue weighted by atomic mass is 35.5. The Morgan fingerprint density at radius 1 is 0.435 bits per heavy atom. The van der Waals surface area contributed by atoms with Gasteiger partial charge in [0.05, 0.1) is 141 Å². The van der Waals surface area contributed by atoms with E-state index in [2.05, 4.69) is 123 Å². The molecule has 0 unspecified atom stereocenters. The number of nitrogens with zero attached hydrogens (tertiary/aromatic N) is 12. The Kier molecular flexibility index (Phi) is 39.3. The molecule has 0 aromatic carbocycles. The van der Waals surface area contributed by atoms with E-state index in [0.717, 1.165) is 151 Å². The van der Waals surface area contributed by atoms with Gasteiger partial charge in [0, 0.05) is 135 Å². The second kappa shape index (κ2) is 48.0. The molecule has 40 heteroatoms. The van der Waals surface area contributed by atoms with Crippen molar-refractivity contribution < 1.29 is 80.9 Å². The number of nitrogens with one attached hydrogen (secondary N) is 4. The largest absolute Gasteiger partial charge is 0.481 e. The molecule has 12 aliphatic heterocycles. The van der Waals surface area contributed by atoms with Gasteiger partial charge in [0.2, 0.25) is 23.6 Å². The summed E-state index contributed by atoms with van der Waals surface area (Å²) < 4.78 is 43.6. The highest BCUT2D eigenvalue weighted by Crippen LogP contribution is 2.49. The summed E-state index contributed by atoms with van der Waals surface area (Å²) in [6.07, 6.45) is 30.9. The Labute approximate surface area is 899 Å². The Morgan fingerprint density at radius 3 is 1.20 bits per heavy atom. The van der Waals surface area contributed by atoms with Crippen molar-refractivity contribution in [2.75, 3.05) is 72.4 Å². The van der Waals surface area contributed by atoms with E-state index >= 15 is 0 Å². The van der Waals surface area contributed by atoms with Crippen LogP contribution in [0.5, 0.6) is 0 Å². The molecule has 9 atom stereocenters. The quantitative estimate of drug-likeness (QED) is 0.0482. The maximum Gasteiger partial charge on any atom is 0.338 e. The number of aliphatic hydroxyl groups excluding tert-OH is 3. The standard InChI is InChI=1S/C26H34Cl2N4O2.C25H32Cl2N4O3.C12H16Cl2N2.C10H17NO2.C8H13NO2.C7H13NO3S.C7H13NO2.C7H15NO.C5H9NO2/c1-16-21(12-30-32(16)18-6-8-26(5,9-7-18)17(2)33)24(34)31-15-25(3,4)11-19(31)10-20-22(27)13-29-14-23(20)28;1-15-19(11-29-31(15)16-5-7-25(4,8-6-16)23(33)34)22(32)30-14-24(2,3)10-17(30)9-18-20(26)12-28-13-21(18)27;1-12(2)4-8(16-7-12)3-9-10(13)5-15-6-11(9)14;1-9(2)5-7-6-13-10(3,4)11(7)8(9)12;1-8(2)9-6(5-11-8)3-4-7(9)10;1-7(2)3-6-4-11-12(9,10)8(6)5-7;1-7(2)3-5(4-9)8-6(7)10;1-7(2)3-6(4-9)8-5-7;7-3-4-1-2-5(8)6-4/h12-14,18-19H,6-11,15H2,1-5H3;11-13,16-17H,5-10,14H2,1-4H3,(H,33,34);5-6,8,16H,3-4,7H2,1-2H3;7H,5-6H2,1-4H3;6H,3-5H2,1-2H3;6H,3-5H2,1-2H3;5,9H,3-4H2,1-2H3,(H,8,10);6,8-9H,3-5H2,1-2H3;4,7H,1-3H2,(H,6,8)/t18?,19-,26?;16?,17-,25?;8-;7-;2*6-;5-;6-;4-/m000111111/s1. The molecule has 6 amide bonds.